The summed E-state index contributed by atoms with van der Waals surface area (Å²) in [5, 5.41) is 11.7. The number of halogens is 1. The Bertz CT molecular complexity index is 1440. The molecule has 1 aromatic heterocycles. The second-order valence-electron chi connectivity index (χ2n) is 9.53. The lowest BCUT2D eigenvalue weighted by Gasteiger charge is -2.45. The van der Waals surface area contributed by atoms with Gasteiger partial charge in [0.1, 0.15) is 11.7 Å². The number of amides is 2. The van der Waals surface area contributed by atoms with Crippen LogP contribution in [0, 0.1) is 0 Å². The van der Waals surface area contributed by atoms with E-state index in [4.69, 9.17) is 0 Å². The van der Waals surface area contributed by atoms with Gasteiger partial charge < -0.3 is 5.11 Å². The minimum absolute atomic E-state index is 0.000637. The van der Waals surface area contributed by atoms with Gasteiger partial charge in [0.2, 0.25) is 10.0 Å². The fourth-order valence-electron chi connectivity index (χ4n) is 5.41. The molecular formula is C26H28BrN4O5S+. The van der Waals surface area contributed by atoms with Crippen LogP contribution >= 0.6 is 15.9 Å². The molecule has 3 heterocycles. The van der Waals surface area contributed by atoms with Gasteiger partial charge in [0.25, 0.3) is 0 Å². The number of urea groups is 1. The average Bonchev–Trinajstić information content (AvgIpc) is 2.92. The van der Waals surface area contributed by atoms with E-state index in [0.717, 1.165) is 40.2 Å². The summed E-state index contributed by atoms with van der Waals surface area (Å²) in [5.41, 5.74) is 0.779. The molecule has 0 bridgehead atoms. The number of piperazine rings is 1. The van der Waals surface area contributed by atoms with Gasteiger partial charge in [0.15, 0.2) is 0 Å². The highest BCUT2D eigenvalue weighted by molar-refractivity contribution is 9.10. The number of piperidine rings is 1. The number of nitrogens with zero attached hydrogens (tertiary/aromatic N) is 4. The Kier molecular flexibility index (Phi) is 7.06. The van der Waals surface area contributed by atoms with Crippen LogP contribution in [0.1, 0.15) is 19.3 Å². The molecule has 1 atom stereocenters. The zero-order valence-corrected chi connectivity index (χ0v) is 22.6. The normalized spacial score (nSPS) is 20.6. The van der Waals surface area contributed by atoms with Crippen molar-refractivity contribution in [2.75, 3.05) is 32.7 Å². The van der Waals surface area contributed by atoms with Crippen molar-refractivity contribution >= 4 is 54.4 Å². The summed E-state index contributed by atoms with van der Waals surface area (Å²) in [6.45, 7) is 0.854. The molecule has 2 saturated heterocycles. The fourth-order valence-corrected chi connectivity index (χ4v) is 7.26. The molecule has 2 aliphatic heterocycles. The van der Waals surface area contributed by atoms with Crippen molar-refractivity contribution in [2.45, 2.75) is 30.2 Å². The maximum absolute atomic E-state index is 14.0. The summed E-state index contributed by atoms with van der Waals surface area (Å²) >= 11 is 3.42. The van der Waals surface area contributed by atoms with Gasteiger partial charge in [-0.25, -0.2) is 22.5 Å². The molecule has 2 aliphatic rings. The molecule has 3 aromatic rings. The molecule has 1 N–H and O–H groups in total. The molecule has 0 saturated carbocycles. The Morgan fingerprint density at radius 3 is 2.32 bits per heavy atom. The molecule has 9 nitrogen and oxygen atoms in total. The zero-order chi connectivity index (χ0) is 26.2. The Labute approximate surface area is 224 Å². The average molecular weight is 589 g/mol. The Morgan fingerprint density at radius 2 is 1.62 bits per heavy atom. The third kappa shape index (κ3) is 4.76. The molecule has 2 fully saturated rings. The predicted molar refractivity (Wildman–Crippen MR) is 144 cm³/mol. The van der Waals surface area contributed by atoms with Crippen molar-refractivity contribution in [1.29, 1.82) is 0 Å². The van der Waals surface area contributed by atoms with Crippen LogP contribution in [0.3, 0.4) is 0 Å². The van der Waals surface area contributed by atoms with Gasteiger partial charge in [-0.15, -0.1) is 0 Å². The molecule has 2 aromatic carbocycles. The number of benzene rings is 2. The first-order valence-corrected chi connectivity index (χ1v) is 14.5. The smallest absolute Gasteiger partial charge is 0.425 e. The monoisotopic (exact) mass is 587 g/mol. The van der Waals surface area contributed by atoms with E-state index >= 15 is 0 Å². The highest BCUT2D eigenvalue weighted by atomic mass is 79.9. The van der Waals surface area contributed by atoms with Crippen LogP contribution in [-0.2, 0) is 14.8 Å². The first-order chi connectivity index (χ1) is 17.7. The lowest BCUT2D eigenvalue weighted by molar-refractivity contribution is -0.143. The Morgan fingerprint density at radius 1 is 0.946 bits per heavy atom. The van der Waals surface area contributed by atoms with Crippen molar-refractivity contribution < 1.29 is 23.1 Å². The molecule has 0 radical (unpaired) electrons. The van der Waals surface area contributed by atoms with E-state index in [1.165, 1.54) is 15.3 Å². The van der Waals surface area contributed by atoms with Crippen molar-refractivity contribution in [1.82, 2.24) is 18.7 Å². The first-order valence-electron chi connectivity index (χ1n) is 12.2. The van der Waals surface area contributed by atoms with Crippen LogP contribution < -0.4 is 4.48 Å². The maximum Gasteiger partial charge on any atom is 0.425 e. The standard InChI is InChI=1S/C26H27BrN4O5S/c27-21-6-4-20-17-23(7-5-19(20)16-21)37(35,36)29-12-13-30(24(18-29)25(32)33)26(34)31(14-2-1-3-15-31)22-8-10-28-11-9-22/h4-11,16-17,24H,1-3,12-15,18H2/p+1. The molecule has 1 unspecified atom stereocenters. The zero-order valence-electron chi connectivity index (χ0n) is 20.2. The molecule has 37 heavy (non-hydrogen) atoms. The van der Waals surface area contributed by atoms with Gasteiger partial charge >= 0.3 is 12.0 Å². The van der Waals surface area contributed by atoms with Crippen molar-refractivity contribution in [3.8, 4) is 0 Å². The number of carboxylic acid groups (broad SMARTS) is 1. The summed E-state index contributed by atoms with van der Waals surface area (Å²) in [6.07, 6.45) is 5.98. The number of aromatic nitrogens is 1. The van der Waals surface area contributed by atoms with Gasteiger partial charge in [-0.05, 0) is 54.3 Å². The molecular weight excluding hydrogens is 560 g/mol. The molecule has 0 aliphatic carbocycles. The molecule has 194 valence electrons. The first kappa shape index (κ1) is 25.8. The second kappa shape index (κ2) is 10.1. The third-order valence-corrected chi connectivity index (χ3v) is 9.74. The Balaban J connectivity index is 1.44. The van der Waals surface area contributed by atoms with E-state index in [1.54, 1.807) is 36.7 Å². The molecule has 5 rings (SSSR count). The topological polar surface area (TPSA) is 108 Å². The highest BCUT2D eigenvalue weighted by Gasteiger charge is 2.49. The minimum atomic E-state index is -3.96. The number of hydrogen-bond donors (Lipinski definition) is 1. The van der Waals surface area contributed by atoms with Crippen molar-refractivity contribution in [3.05, 3.63) is 65.4 Å². The third-order valence-electron chi connectivity index (χ3n) is 7.39. The van der Waals surface area contributed by atoms with E-state index in [9.17, 15) is 23.1 Å². The van der Waals surface area contributed by atoms with Crippen LogP contribution in [0.5, 0.6) is 0 Å². The summed E-state index contributed by atoms with van der Waals surface area (Å²) in [6, 6.07) is 12.5. The number of aliphatic carboxylic acids is 1. The summed E-state index contributed by atoms with van der Waals surface area (Å²) in [7, 11) is -3.96. The van der Waals surface area contributed by atoms with Crippen LogP contribution in [0.4, 0.5) is 10.5 Å². The van der Waals surface area contributed by atoms with Crippen molar-refractivity contribution in [2.24, 2.45) is 0 Å². The molecule has 0 spiro atoms. The number of rotatable bonds is 4. The number of hydrogen-bond acceptors (Lipinski definition) is 5. The number of quaternary nitrogens is 1. The quantitative estimate of drug-likeness (QED) is 0.461. The number of sulfonamides is 1. The van der Waals surface area contributed by atoms with E-state index in [-0.39, 0.29) is 35.0 Å². The SMILES string of the molecule is O=C(O)C1CN(S(=O)(=O)c2ccc3cc(Br)ccc3c2)CCN1C(=O)[N+]1(c2ccncc2)CCCCC1. The largest absolute Gasteiger partial charge is 0.480 e. The number of fused-ring (bicyclic) bond motifs is 1. The number of pyridine rings is 1. The van der Waals surface area contributed by atoms with Gasteiger partial charge in [-0.1, -0.05) is 28.1 Å². The van der Waals surface area contributed by atoms with Gasteiger partial charge in [0.05, 0.1) is 18.0 Å². The van der Waals surface area contributed by atoms with Crippen LogP contribution in [0.25, 0.3) is 10.8 Å². The van der Waals surface area contributed by atoms with Crippen molar-refractivity contribution in [3.63, 3.8) is 0 Å². The summed E-state index contributed by atoms with van der Waals surface area (Å²) in [4.78, 5) is 31.9. The lowest BCUT2D eigenvalue weighted by atomic mass is 10.1. The summed E-state index contributed by atoms with van der Waals surface area (Å²) < 4.78 is 29.2. The predicted octanol–water partition coefficient (Wildman–Crippen LogP) is 4.07. The highest BCUT2D eigenvalue weighted by Crippen LogP contribution is 2.32. The van der Waals surface area contributed by atoms with E-state index in [0.29, 0.717) is 13.1 Å². The number of carboxylic acids is 1. The number of likely N-dealkylation sites (tertiary alicyclic amines) is 1. The van der Waals surface area contributed by atoms with Crippen LogP contribution in [0.2, 0.25) is 0 Å². The minimum Gasteiger partial charge on any atom is -0.480 e. The van der Waals surface area contributed by atoms with Gasteiger partial charge in [-0.3, -0.25) is 9.88 Å². The van der Waals surface area contributed by atoms with Crippen LogP contribution in [0.15, 0.2) is 70.3 Å². The second-order valence-corrected chi connectivity index (χ2v) is 12.4. The maximum atomic E-state index is 14.0. The van der Waals surface area contributed by atoms with Gasteiger partial charge in [0, 0.05) is 48.6 Å². The number of carbonyl (C=O) groups excluding carboxylic acids is 1. The van der Waals surface area contributed by atoms with Crippen LogP contribution in [-0.4, -0.2) is 78.5 Å². The molecule has 11 heteroatoms. The number of carbonyl (C=O) groups is 2. The van der Waals surface area contributed by atoms with E-state index < -0.39 is 22.0 Å². The summed E-state index contributed by atoms with van der Waals surface area (Å²) in [5.74, 6) is -1.22. The van der Waals surface area contributed by atoms with Gasteiger partial charge in [-0.2, -0.15) is 4.31 Å². The van der Waals surface area contributed by atoms with E-state index in [1.807, 2.05) is 18.2 Å². The lowest BCUT2D eigenvalue weighted by Crippen LogP contribution is -2.68. The Hall–Kier alpha value is -2.86. The molecule has 2 amide bonds. The van der Waals surface area contributed by atoms with E-state index in [2.05, 4.69) is 20.9 Å². The fraction of sp³-hybridized carbons (Fsp3) is 0.346.